The maximum Gasteiger partial charge on any atom is 0.0930 e. The molecule has 1 aromatic carbocycles. The number of hydrogen-bond acceptors (Lipinski definition) is 3. The van der Waals surface area contributed by atoms with Crippen LogP contribution in [0.5, 0.6) is 0 Å². The van der Waals surface area contributed by atoms with Gasteiger partial charge >= 0.3 is 0 Å². The lowest BCUT2D eigenvalue weighted by Gasteiger charge is -2.24. The van der Waals surface area contributed by atoms with Crippen LogP contribution in [0.25, 0.3) is 0 Å². The summed E-state index contributed by atoms with van der Waals surface area (Å²) >= 11 is 0. The Morgan fingerprint density at radius 3 is 2.67 bits per heavy atom. The van der Waals surface area contributed by atoms with E-state index in [0.717, 1.165) is 5.56 Å². The molecule has 0 atom stereocenters. The van der Waals surface area contributed by atoms with E-state index in [0.29, 0.717) is 13.2 Å². The summed E-state index contributed by atoms with van der Waals surface area (Å²) in [6.07, 6.45) is 0. The minimum atomic E-state index is 0.0133. The second kappa shape index (κ2) is 5.26. The van der Waals surface area contributed by atoms with E-state index in [1.165, 1.54) is 5.56 Å². The third kappa shape index (κ3) is 3.30. The number of methoxy groups -OCH3 is 1. The van der Waals surface area contributed by atoms with Crippen molar-refractivity contribution < 1.29 is 9.57 Å². The van der Waals surface area contributed by atoms with Crippen LogP contribution in [0, 0.1) is 0 Å². The zero-order valence-corrected chi connectivity index (χ0v) is 9.62. The molecule has 0 aliphatic carbocycles. The van der Waals surface area contributed by atoms with Crippen LogP contribution in [0.2, 0.25) is 0 Å². The van der Waals surface area contributed by atoms with Gasteiger partial charge in [-0.25, -0.2) is 5.90 Å². The van der Waals surface area contributed by atoms with E-state index in [9.17, 15) is 0 Å². The molecule has 3 nitrogen and oxygen atoms in total. The van der Waals surface area contributed by atoms with Crippen molar-refractivity contribution in [1.82, 2.24) is 0 Å². The van der Waals surface area contributed by atoms with Gasteiger partial charge in [0.2, 0.25) is 0 Å². The number of ether oxygens (including phenoxy) is 1. The molecule has 0 bridgehead atoms. The molecule has 15 heavy (non-hydrogen) atoms. The number of rotatable bonds is 5. The third-order valence-corrected chi connectivity index (χ3v) is 2.46. The van der Waals surface area contributed by atoms with Gasteiger partial charge in [0.1, 0.15) is 0 Å². The van der Waals surface area contributed by atoms with Gasteiger partial charge in [0.15, 0.2) is 0 Å². The lowest BCUT2D eigenvalue weighted by Crippen LogP contribution is -2.23. The lowest BCUT2D eigenvalue weighted by atomic mass is 9.85. The molecule has 0 saturated heterocycles. The van der Waals surface area contributed by atoms with Crippen LogP contribution in [0.15, 0.2) is 24.3 Å². The SMILES string of the molecule is COCC(C)(C)c1cccc(CON)c1. The Kier molecular flexibility index (Phi) is 4.27. The van der Waals surface area contributed by atoms with Crippen molar-refractivity contribution in [2.45, 2.75) is 25.9 Å². The minimum absolute atomic E-state index is 0.0133. The first-order valence-corrected chi connectivity index (χ1v) is 5.00. The predicted octanol–water partition coefficient (Wildman–Crippen LogP) is 2.00. The molecule has 0 aliphatic heterocycles. The summed E-state index contributed by atoms with van der Waals surface area (Å²) in [5.41, 5.74) is 2.33. The fourth-order valence-electron chi connectivity index (χ4n) is 1.62. The Morgan fingerprint density at radius 2 is 2.07 bits per heavy atom. The van der Waals surface area contributed by atoms with Crippen LogP contribution >= 0.6 is 0 Å². The zero-order chi connectivity index (χ0) is 11.3. The first-order valence-electron chi connectivity index (χ1n) is 5.00. The van der Waals surface area contributed by atoms with Gasteiger partial charge in [-0.15, -0.1) is 0 Å². The van der Waals surface area contributed by atoms with E-state index in [1.807, 2.05) is 12.1 Å². The van der Waals surface area contributed by atoms with Crippen molar-refractivity contribution in [3.8, 4) is 0 Å². The number of benzene rings is 1. The van der Waals surface area contributed by atoms with E-state index >= 15 is 0 Å². The molecule has 0 heterocycles. The second-order valence-corrected chi connectivity index (χ2v) is 4.33. The highest BCUT2D eigenvalue weighted by atomic mass is 16.6. The van der Waals surface area contributed by atoms with Crippen LogP contribution in [-0.2, 0) is 21.6 Å². The number of nitrogens with two attached hydrogens (primary N) is 1. The summed E-state index contributed by atoms with van der Waals surface area (Å²) in [7, 11) is 1.72. The van der Waals surface area contributed by atoms with Gasteiger partial charge in [-0.3, -0.25) is 4.84 Å². The fourth-order valence-corrected chi connectivity index (χ4v) is 1.62. The molecule has 0 spiro atoms. The molecular formula is C12H19NO2. The molecular weight excluding hydrogens is 190 g/mol. The van der Waals surface area contributed by atoms with Crippen LogP contribution in [0.1, 0.15) is 25.0 Å². The largest absolute Gasteiger partial charge is 0.384 e. The summed E-state index contributed by atoms with van der Waals surface area (Å²) < 4.78 is 5.20. The van der Waals surface area contributed by atoms with Crippen LogP contribution in [0.3, 0.4) is 0 Å². The summed E-state index contributed by atoms with van der Waals surface area (Å²) in [5.74, 6) is 5.05. The molecule has 0 aliphatic rings. The molecule has 2 N–H and O–H groups in total. The molecule has 0 fully saturated rings. The molecule has 0 saturated carbocycles. The van der Waals surface area contributed by atoms with Crippen LogP contribution in [-0.4, -0.2) is 13.7 Å². The van der Waals surface area contributed by atoms with Gasteiger partial charge in [0, 0.05) is 12.5 Å². The molecule has 3 heteroatoms. The van der Waals surface area contributed by atoms with Gasteiger partial charge in [0.25, 0.3) is 0 Å². The maximum absolute atomic E-state index is 5.20. The Balaban J connectivity index is 2.88. The lowest BCUT2D eigenvalue weighted by molar-refractivity contribution is 0.123. The number of hydrogen-bond donors (Lipinski definition) is 1. The molecule has 0 radical (unpaired) electrons. The standard InChI is InChI=1S/C12H19NO2/c1-12(2,9-14-3)11-6-4-5-10(7-11)8-15-13/h4-7H,8-9,13H2,1-3H3. The smallest absolute Gasteiger partial charge is 0.0930 e. The van der Waals surface area contributed by atoms with Crippen molar-refractivity contribution >= 4 is 0 Å². The zero-order valence-electron chi connectivity index (χ0n) is 9.62. The van der Waals surface area contributed by atoms with E-state index < -0.39 is 0 Å². The Bertz CT molecular complexity index is 310. The van der Waals surface area contributed by atoms with Crippen molar-refractivity contribution in [3.63, 3.8) is 0 Å². The average molecular weight is 209 g/mol. The van der Waals surface area contributed by atoms with Crippen LogP contribution in [0.4, 0.5) is 0 Å². The summed E-state index contributed by atoms with van der Waals surface area (Å²) in [6, 6.07) is 8.21. The highest BCUT2D eigenvalue weighted by Crippen LogP contribution is 2.24. The summed E-state index contributed by atoms with van der Waals surface area (Å²) in [5, 5.41) is 0. The minimum Gasteiger partial charge on any atom is -0.384 e. The molecule has 0 unspecified atom stereocenters. The Morgan fingerprint density at radius 1 is 1.33 bits per heavy atom. The highest BCUT2D eigenvalue weighted by Gasteiger charge is 2.20. The first kappa shape index (κ1) is 12.2. The third-order valence-electron chi connectivity index (χ3n) is 2.46. The molecule has 1 aromatic rings. The monoisotopic (exact) mass is 209 g/mol. The highest BCUT2D eigenvalue weighted by molar-refractivity contribution is 5.29. The topological polar surface area (TPSA) is 44.5 Å². The van der Waals surface area contributed by atoms with E-state index in [1.54, 1.807) is 7.11 Å². The maximum atomic E-state index is 5.20. The second-order valence-electron chi connectivity index (χ2n) is 4.33. The molecule has 0 amide bonds. The van der Waals surface area contributed by atoms with E-state index in [2.05, 4.69) is 30.8 Å². The van der Waals surface area contributed by atoms with Crippen LogP contribution < -0.4 is 5.90 Å². The molecule has 1 rings (SSSR count). The predicted molar refractivity (Wildman–Crippen MR) is 60.3 cm³/mol. The summed E-state index contributed by atoms with van der Waals surface area (Å²) in [4.78, 5) is 4.62. The summed E-state index contributed by atoms with van der Waals surface area (Å²) in [6.45, 7) is 5.44. The van der Waals surface area contributed by atoms with Gasteiger partial charge in [0.05, 0.1) is 13.2 Å². The van der Waals surface area contributed by atoms with Crippen molar-refractivity contribution in [2.75, 3.05) is 13.7 Å². The van der Waals surface area contributed by atoms with Crippen molar-refractivity contribution in [1.29, 1.82) is 0 Å². The molecule has 84 valence electrons. The normalized spacial score (nSPS) is 11.7. The first-order chi connectivity index (χ1) is 7.10. The van der Waals surface area contributed by atoms with Gasteiger partial charge < -0.3 is 4.74 Å². The van der Waals surface area contributed by atoms with Gasteiger partial charge in [-0.2, -0.15) is 0 Å². The van der Waals surface area contributed by atoms with Gasteiger partial charge in [-0.05, 0) is 11.1 Å². The quantitative estimate of drug-likeness (QED) is 0.754. The van der Waals surface area contributed by atoms with Crippen molar-refractivity contribution in [2.24, 2.45) is 5.90 Å². The van der Waals surface area contributed by atoms with E-state index in [4.69, 9.17) is 10.6 Å². The van der Waals surface area contributed by atoms with Crippen molar-refractivity contribution in [3.05, 3.63) is 35.4 Å². The fraction of sp³-hybridized carbons (Fsp3) is 0.500. The Hall–Kier alpha value is -0.900. The van der Waals surface area contributed by atoms with Gasteiger partial charge in [-0.1, -0.05) is 38.1 Å². The molecule has 0 aromatic heterocycles. The Labute approximate surface area is 91.1 Å². The average Bonchev–Trinajstić information content (AvgIpc) is 2.19. The van der Waals surface area contributed by atoms with E-state index in [-0.39, 0.29) is 5.41 Å².